The number of nitrogens with zero attached hydrogens (tertiary/aromatic N) is 1. The van der Waals surface area contributed by atoms with Crippen LogP contribution < -0.4 is 4.90 Å². The van der Waals surface area contributed by atoms with Gasteiger partial charge in [0.1, 0.15) is 6.04 Å². The quantitative estimate of drug-likeness (QED) is 0.892. The van der Waals surface area contributed by atoms with Crippen molar-refractivity contribution >= 4 is 11.7 Å². The van der Waals surface area contributed by atoms with E-state index in [0.717, 1.165) is 11.0 Å². The molecule has 0 amide bonds. The normalized spacial score (nSPS) is 13.2. The molecule has 0 spiro atoms. The highest BCUT2D eigenvalue weighted by Gasteiger charge is 2.35. The number of aliphatic carboxylic acids is 1. The van der Waals surface area contributed by atoms with Crippen LogP contribution in [0, 0.1) is 0 Å². The van der Waals surface area contributed by atoms with E-state index in [1.165, 1.54) is 32.2 Å². The number of alkyl halides is 3. The lowest BCUT2D eigenvalue weighted by molar-refractivity contribution is -0.139. The molecule has 1 N–H and O–H groups in total. The molecule has 1 aromatic carbocycles. The van der Waals surface area contributed by atoms with E-state index in [1.54, 1.807) is 0 Å². The SMILES string of the molecule is CC(C(=O)O)N(C)c1ccccc1C(F)(F)F. The van der Waals surface area contributed by atoms with Crippen LogP contribution in [0.1, 0.15) is 12.5 Å². The molecule has 0 saturated carbocycles. The Hall–Kier alpha value is -1.72. The molecule has 0 aliphatic heterocycles. The first kappa shape index (κ1) is 13.3. The first-order valence-corrected chi connectivity index (χ1v) is 4.87. The van der Waals surface area contributed by atoms with Crippen LogP contribution in [0.4, 0.5) is 18.9 Å². The minimum absolute atomic E-state index is 0.144. The molecule has 0 heterocycles. The number of benzene rings is 1. The Morgan fingerprint density at radius 2 is 1.88 bits per heavy atom. The van der Waals surface area contributed by atoms with Gasteiger partial charge >= 0.3 is 12.1 Å². The van der Waals surface area contributed by atoms with E-state index in [9.17, 15) is 18.0 Å². The Morgan fingerprint density at radius 1 is 1.35 bits per heavy atom. The van der Waals surface area contributed by atoms with E-state index in [-0.39, 0.29) is 5.69 Å². The molecule has 1 rings (SSSR count). The lowest BCUT2D eigenvalue weighted by Gasteiger charge is -2.26. The Labute approximate surface area is 96.5 Å². The van der Waals surface area contributed by atoms with Crippen LogP contribution in [-0.2, 0) is 11.0 Å². The predicted octanol–water partition coefficient (Wildman–Crippen LogP) is 2.61. The van der Waals surface area contributed by atoms with Crippen LogP contribution in [-0.4, -0.2) is 24.2 Å². The maximum absolute atomic E-state index is 12.7. The summed E-state index contributed by atoms with van der Waals surface area (Å²) in [6.45, 7) is 1.33. The molecule has 0 aliphatic carbocycles. The number of hydrogen-bond acceptors (Lipinski definition) is 2. The molecule has 0 saturated heterocycles. The largest absolute Gasteiger partial charge is 0.480 e. The fraction of sp³-hybridized carbons (Fsp3) is 0.364. The fourth-order valence-corrected chi connectivity index (χ4v) is 1.40. The molecule has 0 radical (unpaired) electrons. The van der Waals surface area contributed by atoms with Crippen molar-refractivity contribution < 1.29 is 23.1 Å². The maximum Gasteiger partial charge on any atom is 0.418 e. The van der Waals surface area contributed by atoms with Gasteiger partial charge < -0.3 is 10.0 Å². The first-order chi connectivity index (χ1) is 7.75. The van der Waals surface area contributed by atoms with E-state index >= 15 is 0 Å². The van der Waals surface area contributed by atoms with Crippen LogP contribution in [0.15, 0.2) is 24.3 Å². The molecule has 0 fully saturated rings. The topological polar surface area (TPSA) is 40.5 Å². The van der Waals surface area contributed by atoms with Crippen LogP contribution in [0.25, 0.3) is 0 Å². The average molecular weight is 247 g/mol. The summed E-state index contributed by atoms with van der Waals surface area (Å²) in [6, 6.07) is 3.86. The minimum atomic E-state index is -4.50. The van der Waals surface area contributed by atoms with Crippen LogP contribution >= 0.6 is 0 Å². The Bertz CT molecular complexity index is 417. The molecular weight excluding hydrogens is 235 g/mol. The van der Waals surface area contributed by atoms with Gasteiger partial charge in [-0.3, -0.25) is 0 Å². The zero-order chi connectivity index (χ0) is 13.2. The predicted molar refractivity (Wildman–Crippen MR) is 56.9 cm³/mol. The zero-order valence-electron chi connectivity index (χ0n) is 9.32. The van der Waals surface area contributed by atoms with Crippen LogP contribution in [0.5, 0.6) is 0 Å². The number of hydrogen-bond donors (Lipinski definition) is 1. The third-order valence-corrected chi connectivity index (χ3v) is 2.53. The van der Waals surface area contributed by atoms with E-state index in [0.29, 0.717) is 0 Å². The molecule has 1 aromatic rings. The maximum atomic E-state index is 12.7. The van der Waals surface area contributed by atoms with Crippen molar-refractivity contribution in [2.75, 3.05) is 11.9 Å². The van der Waals surface area contributed by atoms with Gasteiger partial charge in [0.15, 0.2) is 0 Å². The minimum Gasteiger partial charge on any atom is -0.480 e. The Kier molecular flexibility index (Phi) is 3.65. The molecule has 6 heteroatoms. The number of likely N-dealkylation sites (N-methyl/N-ethyl adjacent to an activating group) is 1. The molecule has 0 aromatic heterocycles. The lowest BCUT2D eigenvalue weighted by atomic mass is 10.1. The Balaban J connectivity index is 3.18. The number of carbonyl (C=O) groups is 1. The molecule has 0 bridgehead atoms. The number of halogens is 3. The summed E-state index contributed by atoms with van der Waals surface area (Å²) < 4.78 is 38.1. The summed E-state index contributed by atoms with van der Waals surface area (Å²) in [4.78, 5) is 11.8. The van der Waals surface area contributed by atoms with Crippen molar-refractivity contribution in [3.8, 4) is 0 Å². The van der Waals surface area contributed by atoms with Crippen molar-refractivity contribution in [1.82, 2.24) is 0 Å². The highest BCUT2D eigenvalue weighted by molar-refractivity contribution is 5.78. The van der Waals surface area contributed by atoms with Crippen LogP contribution in [0.2, 0.25) is 0 Å². The van der Waals surface area contributed by atoms with Gasteiger partial charge in [-0.2, -0.15) is 13.2 Å². The third-order valence-electron chi connectivity index (χ3n) is 2.53. The summed E-state index contributed by atoms with van der Waals surface area (Å²) in [5.74, 6) is -1.18. The number of anilines is 1. The van der Waals surface area contributed by atoms with E-state index in [4.69, 9.17) is 5.11 Å². The monoisotopic (exact) mass is 247 g/mol. The molecule has 94 valence electrons. The van der Waals surface area contributed by atoms with Gasteiger partial charge in [0.05, 0.1) is 5.56 Å². The molecular formula is C11H12F3NO2. The molecule has 0 aliphatic rings. The van der Waals surface area contributed by atoms with Gasteiger partial charge in [-0.1, -0.05) is 12.1 Å². The summed E-state index contributed by atoms with van der Waals surface area (Å²) >= 11 is 0. The second-order valence-corrected chi connectivity index (χ2v) is 3.64. The molecule has 17 heavy (non-hydrogen) atoms. The van der Waals surface area contributed by atoms with Crippen molar-refractivity contribution in [2.24, 2.45) is 0 Å². The zero-order valence-corrected chi connectivity index (χ0v) is 9.32. The lowest BCUT2D eigenvalue weighted by Crippen LogP contribution is -2.36. The first-order valence-electron chi connectivity index (χ1n) is 4.87. The van der Waals surface area contributed by atoms with E-state index in [2.05, 4.69) is 0 Å². The number of rotatable bonds is 3. The van der Waals surface area contributed by atoms with Crippen molar-refractivity contribution in [2.45, 2.75) is 19.1 Å². The standard InChI is InChI=1S/C11H12F3NO2/c1-7(10(16)17)15(2)9-6-4-3-5-8(9)11(12,13)14/h3-7H,1-2H3,(H,16,17). The second-order valence-electron chi connectivity index (χ2n) is 3.64. The molecule has 1 unspecified atom stereocenters. The van der Waals surface area contributed by atoms with Gasteiger partial charge in [-0.15, -0.1) is 0 Å². The third kappa shape index (κ3) is 2.89. The summed E-state index contributed by atoms with van der Waals surface area (Å²) in [5, 5.41) is 8.78. The van der Waals surface area contributed by atoms with Crippen molar-refractivity contribution in [1.29, 1.82) is 0 Å². The van der Waals surface area contributed by atoms with Gasteiger partial charge in [-0.25, -0.2) is 4.79 Å². The second kappa shape index (κ2) is 4.65. The smallest absolute Gasteiger partial charge is 0.418 e. The van der Waals surface area contributed by atoms with Gasteiger partial charge in [0, 0.05) is 12.7 Å². The van der Waals surface area contributed by atoms with Gasteiger partial charge in [-0.05, 0) is 19.1 Å². The van der Waals surface area contributed by atoms with Crippen molar-refractivity contribution in [3.05, 3.63) is 29.8 Å². The average Bonchev–Trinajstić information content (AvgIpc) is 2.25. The van der Waals surface area contributed by atoms with E-state index < -0.39 is 23.8 Å². The Morgan fingerprint density at radius 3 is 2.35 bits per heavy atom. The number of para-hydroxylation sites is 1. The molecule has 1 atom stereocenters. The summed E-state index contributed by atoms with van der Waals surface area (Å²) in [7, 11) is 1.32. The highest BCUT2D eigenvalue weighted by atomic mass is 19.4. The van der Waals surface area contributed by atoms with Crippen LogP contribution in [0.3, 0.4) is 0 Å². The summed E-state index contributed by atoms with van der Waals surface area (Å²) in [5.41, 5.74) is -0.981. The summed E-state index contributed by atoms with van der Waals surface area (Å²) in [6.07, 6.45) is -4.50. The van der Waals surface area contributed by atoms with Crippen molar-refractivity contribution in [3.63, 3.8) is 0 Å². The van der Waals surface area contributed by atoms with Gasteiger partial charge in [0.25, 0.3) is 0 Å². The van der Waals surface area contributed by atoms with Gasteiger partial charge in [0.2, 0.25) is 0 Å². The fourth-order valence-electron chi connectivity index (χ4n) is 1.40. The van der Waals surface area contributed by atoms with E-state index in [1.807, 2.05) is 0 Å². The number of carboxylic acid groups (broad SMARTS) is 1. The number of carboxylic acids is 1. The highest BCUT2D eigenvalue weighted by Crippen LogP contribution is 2.36. The molecule has 3 nitrogen and oxygen atoms in total.